The largest absolute Gasteiger partial charge is 0.427 e. The molecule has 0 spiro atoms. The highest BCUT2D eigenvalue weighted by molar-refractivity contribution is 6.46. The van der Waals surface area contributed by atoms with Crippen molar-refractivity contribution in [2.24, 2.45) is 0 Å². The molecule has 1 fully saturated rings. The van der Waals surface area contributed by atoms with Gasteiger partial charge < -0.3 is 14.5 Å². The van der Waals surface area contributed by atoms with Crippen LogP contribution in [-0.2, 0) is 15.9 Å². The number of rotatable bonds is 7. The molecule has 1 saturated heterocycles. The van der Waals surface area contributed by atoms with Crippen molar-refractivity contribution in [3.63, 3.8) is 0 Å². The van der Waals surface area contributed by atoms with E-state index in [0.29, 0.717) is 7.48 Å². The van der Waals surface area contributed by atoms with Gasteiger partial charge in [-0.1, -0.05) is 0 Å². The van der Waals surface area contributed by atoms with E-state index in [4.69, 9.17) is 9.39 Å². The third kappa shape index (κ3) is 4.81. The van der Waals surface area contributed by atoms with Gasteiger partial charge in [-0.15, -0.1) is 0 Å². The van der Waals surface area contributed by atoms with Gasteiger partial charge in [0.15, 0.2) is 0 Å². The second-order valence-corrected chi connectivity index (χ2v) is 6.92. The molecule has 0 unspecified atom stereocenters. The van der Waals surface area contributed by atoms with Crippen molar-refractivity contribution < 1.29 is 14.5 Å². The summed E-state index contributed by atoms with van der Waals surface area (Å²) < 4.78 is 13.2. The quantitative estimate of drug-likeness (QED) is 0.705. The van der Waals surface area contributed by atoms with Gasteiger partial charge in [0.2, 0.25) is 0 Å². The molecule has 0 radical (unpaired) electrons. The standard InChI is InChI=1S/C15H28BN3O3/c1-14(2,20)15(3,4)22-16-13-11-17-19(12-13)6-5-18-7-9-21-10-8-18/h11-12,16,20H,5-10H2,1-4H3. The molecule has 0 bridgehead atoms. The second-order valence-electron chi connectivity index (χ2n) is 6.92. The van der Waals surface area contributed by atoms with E-state index in [2.05, 4.69) is 10.00 Å². The highest BCUT2D eigenvalue weighted by atomic mass is 16.5. The SMILES string of the molecule is CC(C)(O)C(C)(C)OBc1cnn(CCN2CCOCC2)c1. The predicted octanol–water partition coefficient (Wildman–Crippen LogP) is -0.242. The van der Waals surface area contributed by atoms with Crippen LogP contribution < -0.4 is 5.46 Å². The summed E-state index contributed by atoms with van der Waals surface area (Å²) in [5, 5.41) is 14.5. The molecular formula is C15H28BN3O3. The van der Waals surface area contributed by atoms with Crippen LogP contribution in [0.3, 0.4) is 0 Å². The molecule has 22 heavy (non-hydrogen) atoms. The molecular weight excluding hydrogens is 281 g/mol. The maximum Gasteiger partial charge on any atom is 0.312 e. The summed E-state index contributed by atoms with van der Waals surface area (Å²) in [4.78, 5) is 2.39. The molecule has 6 nitrogen and oxygen atoms in total. The lowest BCUT2D eigenvalue weighted by Gasteiger charge is -2.37. The van der Waals surface area contributed by atoms with Crippen LogP contribution >= 0.6 is 0 Å². The molecule has 0 aliphatic carbocycles. The Kier molecular flexibility index (Phi) is 5.66. The van der Waals surface area contributed by atoms with E-state index in [0.717, 1.165) is 44.9 Å². The van der Waals surface area contributed by atoms with Crippen LogP contribution in [0.15, 0.2) is 12.4 Å². The lowest BCUT2D eigenvalue weighted by atomic mass is 9.84. The van der Waals surface area contributed by atoms with E-state index in [1.54, 1.807) is 13.8 Å². The van der Waals surface area contributed by atoms with Crippen LogP contribution in [0.5, 0.6) is 0 Å². The third-order valence-corrected chi connectivity index (χ3v) is 4.51. The Bertz CT molecular complexity index is 465. The molecule has 1 aromatic heterocycles. The van der Waals surface area contributed by atoms with Gasteiger partial charge >= 0.3 is 7.48 Å². The minimum atomic E-state index is -0.890. The van der Waals surface area contributed by atoms with Gasteiger partial charge in [0.25, 0.3) is 0 Å². The van der Waals surface area contributed by atoms with Gasteiger partial charge in [-0.2, -0.15) is 5.10 Å². The summed E-state index contributed by atoms with van der Waals surface area (Å²) in [5.41, 5.74) is -0.471. The van der Waals surface area contributed by atoms with Crippen LogP contribution in [0.4, 0.5) is 0 Å². The smallest absolute Gasteiger partial charge is 0.312 e. The summed E-state index contributed by atoms with van der Waals surface area (Å²) in [6.07, 6.45) is 3.85. The van der Waals surface area contributed by atoms with Crippen molar-refractivity contribution in [2.75, 3.05) is 32.8 Å². The minimum absolute atomic E-state index is 0.453. The van der Waals surface area contributed by atoms with Crippen LogP contribution in [0, 0.1) is 0 Å². The third-order valence-electron chi connectivity index (χ3n) is 4.51. The first kappa shape index (κ1) is 17.5. The maximum absolute atomic E-state index is 10.1. The number of aliphatic hydroxyl groups is 1. The highest BCUT2D eigenvalue weighted by Gasteiger charge is 2.35. The van der Waals surface area contributed by atoms with Gasteiger partial charge in [-0.05, 0) is 33.2 Å². The molecule has 0 amide bonds. The Morgan fingerprint density at radius 2 is 1.95 bits per heavy atom. The van der Waals surface area contributed by atoms with E-state index >= 15 is 0 Å². The van der Waals surface area contributed by atoms with Crippen LogP contribution in [-0.4, -0.2) is 71.3 Å². The Hall–Kier alpha value is -0.885. The van der Waals surface area contributed by atoms with Gasteiger partial charge in [0.05, 0.1) is 31.0 Å². The Labute approximate surface area is 133 Å². The lowest BCUT2D eigenvalue weighted by Crippen LogP contribution is -2.49. The Morgan fingerprint density at radius 1 is 1.27 bits per heavy atom. The first-order valence-corrected chi connectivity index (χ1v) is 7.96. The summed E-state index contributed by atoms with van der Waals surface area (Å²) >= 11 is 0. The molecule has 124 valence electrons. The maximum atomic E-state index is 10.1. The number of nitrogens with zero attached hydrogens (tertiary/aromatic N) is 3. The normalized spacial score (nSPS) is 17.7. The van der Waals surface area contributed by atoms with Crippen LogP contribution in [0.2, 0.25) is 0 Å². The van der Waals surface area contributed by atoms with Crippen molar-refractivity contribution in [3.8, 4) is 0 Å². The van der Waals surface area contributed by atoms with E-state index in [1.165, 1.54) is 0 Å². The predicted molar refractivity (Wildman–Crippen MR) is 87.7 cm³/mol. The monoisotopic (exact) mass is 309 g/mol. The number of ether oxygens (including phenoxy) is 1. The van der Waals surface area contributed by atoms with E-state index in [9.17, 15) is 5.11 Å². The fourth-order valence-corrected chi connectivity index (χ4v) is 2.11. The number of morpholine rings is 1. The van der Waals surface area contributed by atoms with Crippen molar-refractivity contribution in [3.05, 3.63) is 12.4 Å². The van der Waals surface area contributed by atoms with Crippen molar-refractivity contribution in [2.45, 2.75) is 45.4 Å². The molecule has 0 saturated carbocycles. The fraction of sp³-hybridized carbons (Fsp3) is 0.800. The number of aromatic nitrogens is 2. The fourth-order valence-electron chi connectivity index (χ4n) is 2.11. The number of hydrogen-bond acceptors (Lipinski definition) is 5. The summed E-state index contributed by atoms with van der Waals surface area (Å²) in [7, 11) is 0.453. The van der Waals surface area contributed by atoms with E-state index < -0.39 is 11.2 Å². The topological polar surface area (TPSA) is 59.8 Å². The van der Waals surface area contributed by atoms with Gasteiger partial charge in [0, 0.05) is 32.0 Å². The van der Waals surface area contributed by atoms with Gasteiger partial charge in [-0.25, -0.2) is 0 Å². The zero-order chi connectivity index (χ0) is 16.2. The Balaban J connectivity index is 1.79. The van der Waals surface area contributed by atoms with Crippen molar-refractivity contribution >= 4 is 12.9 Å². The average molecular weight is 309 g/mol. The van der Waals surface area contributed by atoms with Crippen molar-refractivity contribution in [1.82, 2.24) is 14.7 Å². The summed E-state index contributed by atoms with van der Waals surface area (Å²) in [6.45, 7) is 12.8. The molecule has 7 heteroatoms. The van der Waals surface area contributed by atoms with Crippen LogP contribution in [0.1, 0.15) is 27.7 Å². The van der Waals surface area contributed by atoms with Gasteiger partial charge in [-0.3, -0.25) is 9.58 Å². The number of hydrogen-bond donors (Lipinski definition) is 1. The molecule has 0 aromatic carbocycles. The minimum Gasteiger partial charge on any atom is -0.427 e. The molecule has 1 aliphatic heterocycles. The van der Waals surface area contributed by atoms with E-state index in [1.807, 2.05) is 30.9 Å². The average Bonchev–Trinajstić information content (AvgIpc) is 2.91. The first-order chi connectivity index (χ1) is 10.3. The molecule has 0 atom stereocenters. The first-order valence-electron chi connectivity index (χ1n) is 7.96. The van der Waals surface area contributed by atoms with E-state index in [-0.39, 0.29) is 0 Å². The van der Waals surface area contributed by atoms with Crippen LogP contribution in [0.25, 0.3) is 0 Å². The molecule has 2 heterocycles. The summed E-state index contributed by atoms with van der Waals surface area (Å²) in [5.74, 6) is 0. The Morgan fingerprint density at radius 3 is 2.59 bits per heavy atom. The zero-order valence-electron chi connectivity index (χ0n) is 14.2. The highest BCUT2D eigenvalue weighted by Crippen LogP contribution is 2.24. The van der Waals surface area contributed by atoms with Gasteiger partial charge in [0.1, 0.15) is 0 Å². The zero-order valence-corrected chi connectivity index (χ0v) is 14.2. The molecule has 1 aliphatic rings. The molecule has 1 N–H and O–H groups in total. The molecule has 2 rings (SSSR count). The lowest BCUT2D eigenvalue weighted by molar-refractivity contribution is -0.0893. The van der Waals surface area contributed by atoms with Crippen molar-refractivity contribution in [1.29, 1.82) is 0 Å². The molecule has 1 aromatic rings. The second kappa shape index (κ2) is 7.13. The summed E-state index contributed by atoms with van der Waals surface area (Å²) in [6, 6.07) is 0.